The van der Waals surface area contributed by atoms with Crippen molar-refractivity contribution in [2.75, 3.05) is 0 Å². The van der Waals surface area contributed by atoms with Crippen molar-refractivity contribution in [3.8, 4) is 0 Å². The van der Waals surface area contributed by atoms with Gasteiger partial charge in [0.2, 0.25) is 0 Å². The van der Waals surface area contributed by atoms with Gasteiger partial charge in [-0.3, -0.25) is 0 Å². The Labute approximate surface area is 170 Å². The van der Waals surface area contributed by atoms with E-state index in [-0.39, 0.29) is 9.33 Å². The first kappa shape index (κ1) is 20.0. The average Bonchev–Trinajstić information content (AvgIpc) is 2.68. The predicted molar refractivity (Wildman–Crippen MR) is 117 cm³/mol. The Hall–Kier alpha value is -1.75. The van der Waals surface area contributed by atoms with E-state index in [2.05, 4.69) is 25.8 Å². The maximum absolute atomic E-state index is 12.2. The third-order valence-electron chi connectivity index (χ3n) is 4.10. The molecular formula is C23H25NOS2. The van der Waals surface area contributed by atoms with Crippen molar-refractivity contribution in [2.45, 2.75) is 40.7 Å². The van der Waals surface area contributed by atoms with Gasteiger partial charge in [0, 0.05) is 10.9 Å². The van der Waals surface area contributed by atoms with Crippen LogP contribution >= 0.6 is 23.5 Å². The monoisotopic (exact) mass is 395 g/mol. The fourth-order valence-corrected chi connectivity index (χ4v) is 6.25. The molecule has 2 nitrogen and oxygen atoms in total. The van der Waals surface area contributed by atoms with Gasteiger partial charge >= 0.3 is 0 Å². The van der Waals surface area contributed by atoms with Gasteiger partial charge in [0.15, 0.2) is 0 Å². The van der Waals surface area contributed by atoms with Crippen LogP contribution in [-0.2, 0) is 5.60 Å². The topological polar surface area (TPSA) is 33.1 Å². The molecule has 0 unspecified atom stereocenters. The summed E-state index contributed by atoms with van der Waals surface area (Å²) >= 11 is 3.38. The molecule has 0 aliphatic rings. The molecule has 4 heteroatoms. The van der Waals surface area contributed by atoms with E-state index in [1.807, 2.05) is 78.9 Å². The van der Waals surface area contributed by atoms with Gasteiger partial charge in [-0.25, -0.2) is 4.98 Å². The number of aliphatic hydroxyl groups is 1. The lowest BCUT2D eigenvalue weighted by atomic mass is 9.88. The van der Waals surface area contributed by atoms with Gasteiger partial charge in [-0.2, -0.15) is 0 Å². The average molecular weight is 396 g/mol. The SMILES string of the molecule is CC(C)(C)S[C@@H](Sc1ccccn1)C(O)(c1ccccc1)c1ccccc1. The minimum Gasteiger partial charge on any atom is -0.378 e. The standard InChI is InChI=1S/C23H25NOS2/c1-22(2,3)27-21(26-20-16-10-11-17-24-20)23(25,18-12-6-4-7-13-18)19-14-8-5-9-15-19/h4-17,21,25H,1-3H3/t21-/m1/s1. The van der Waals surface area contributed by atoms with Gasteiger partial charge in [-0.15, -0.1) is 11.8 Å². The van der Waals surface area contributed by atoms with Crippen LogP contribution < -0.4 is 0 Å². The van der Waals surface area contributed by atoms with Gasteiger partial charge in [-0.05, 0) is 23.3 Å². The second-order valence-electron chi connectivity index (χ2n) is 7.35. The molecule has 3 rings (SSSR count). The summed E-state index contributed by atoms with van der Waals surface area (Å²) in [7, 11) is 0. The summed E-state index contributed by atoms with van der Waals surface area (Å²) in [5.74, 6) is 0. The van der Waals surface area contributed by atoms with Crippen molar-refractivity contribution in [1.29, 1.82) is 0 Å². The number of hydrogen-bond donors (Lipinski definition) is 1. The predicted octanol–water partition coefficient (Wildman–Crippen LogP) is 5.97. The summed E-state index contributed by atoms with van der Waals surface area (Å²) in [5, 5.41) is 13.1. The van der Waals surface area contributed by atoms with Gasteiger partial charge in [0.1, 0.15) is 5.60 Å². The Morgan fingerprint density at radius 2 is 1.30 bits per heavy atom. The van der Waals surface area contributed by atoms with E-state index in [1.165, 1.54) is 0 Å². The van der Waals surface area contributed by atoms with Crippen molar-refractivity contribution in [2.24, 2.45) is 0 Å². The van der Waals surface area contributed by atoms with E-state index >= 15 is 0 Å². The van der Waals surface area contributed by atoms with Gasteiger partial charge < -0.3 is 5.11 Å². The lowest BCUT2D eigenvalue weighted by Gasteiger charge is -2.39. The summed E-state index contributed by atoms with van der Waals surface area (Å²) in [6.07, 6.45) is 1.80. The molecule has 0 amide bonds. The van der Waals surface area contributed by atoms with Crippen LogP contribution in [-0.4, -0.2) is 19.4 Å². The highest BCUT2D eigenvalue weighted by Gasteiger charge is 2.43. The van der Waals surface area contributed by atoms with Crippen LogP contribution in [0, 0.1) is 0 Å². The lowest BCUT2D eigenvalue weighted by molar-refractivity contribution is 0.0988. The van der Waals surface area contributed by atoms with Crippen molar-refractivity contribution >= 4 is 23.5 Å². The second kappa shape index (κ2) is 8.51. The van der Waals surface area contributed by atoms with E-state index in [4.69, 9.17) is 0 Å². The molecule has 1 N–H and O–H groups in total. The summed E-state index contributed by atoms with van der Waals surface area (Å²) < 4.78 is -0.193. The van der Waals surface area contributed by atoms with E-state index in [9.17, 15) is 5.11 Å². The van der Waals surface area contributed by atoms with E-state index < -0.39 is 5.60 Å². The molecule has 0 fully saturated rings. The Morgan fingerprint density at radius 1 is 0.778 bits per heavy atom. The molecule has 140 valence electrons. The second-order valence-corrected chi connectivity index (χ2v) is 10.7. The Morgan fingerprint density at radius 3 is 1.74 bits per heavy atom. The normalized spacial score (nSPS) is 13.3. The van der Waals surface area contributed by atoms with Crippen LogP contribution in [0.15, 0.2) is 90.1 Å². The number of pyridine rings is 1. The van der Waals surface area contributed by atoms with Crippen molar-refractivity contribution in [3.05, 3.63) is 96.2 Å². The van der Waals surface area contributed by atoms with Crippen molar-refractivity contribution in [1.82, 2.24) is 4.98 Å². The van der Waals surface area contributed by atoms with Crippen LogP contribution in [0.25, 0.3) is 0 Å². The molecule has 0 aliphatic carbocycles. The quantitative estimate of drug-likeness (QED) is 0.412. The molecule has 0 saturated heterocycles. The van der Waals surface area contributed by atoms with Crippen molar-refractivity contribution < 1.29 is 5.11 Å². The molecule has 1 heterocycles. The smallest absolute Gasteiger partial charge is 0.136 e. The zero-order valence-corrected chi connectivity index (χ0v) is 17.5. The molecular weight excluding hydrogens is 370 g/mol. The fourth-order valence-electron chi connectivity index (χ4n) is 2.87. The summed E-state index contributed by atoms with van der Waals surface area (Å²) in [6.45, 7) is 6.54. The Kier molecular flexibility index (Phi) is 6.30. The highest BCUT2D eigenvalue weighted by Crippen LogP contribution is 2.49. The van der Waals surface area contributed by atoms with Gasteiger partial charge in [0.25, 0.3) is 0 Å². The molecule has 0 radical (unpaired) electrons. The van der Waals surface area contributed by atoms with E-state index in [0.29, 0.717) is 0 Å². The molecule has 27 heavy (non-hydrogen) atoms. The van der Waals surface area contributed by atoms with Gasteiger partial charge in [-0.1, -0.05) is 99.3 Å². The molecule has 0 aliphatic heterocycles. The number of hydrogen-bond acceptors (Lipinski definition) is 4. The summed E-state index contributed by atoms with van der Waals surface area (Å²) in [5.41, 5.74) is 0.630. The number of nitrogens with zero attached hydrogens (tertiary/aromatic N) is 1. The fraction of sp³-hybridized carbons (Fsp3) is 0.261. The zero-order valence-electron chi connectivity index (χ0n) is 15.9. The molecule has 3 aromatic rings. The minimum absolute atomic E-state index is 0.0238. The first-order chi connectivity index (χ1) is 12.9. The highest BCUT2D eigenvalue weighted by atomic mass is 32.2. The maximum Gasteiger partial charge on any atom is 0.136 e. The summed E-state index contributed by atoms with van der Waals surface area (Å²) in [4.78, 5) is 4.49. The van der Waals surface area contributed by atoms with E-state index in [0.717, 1.165) is 16.2 Å². The third kappa shape index (κ3) is 4.95. The van der Waals surface area contributed by atoms with Crippen LogP contribution in [0.4, 0.5) is 0 Å². The van der Waals surface area contributed by atoms with Crippen LogP contribution in [0.5, 0.6) is 0 Å². The minimum atomic E-state index is -1.15. The number of thioether (sulfide) groups is 2. The Balaban J connectivity index is 2.12. The molecule has 2 aromatic carbocycles. The zero-order chi connectivity index (χ0) is 19.3. The number of aromatic nitrogens is 1. The lowest BCUT2D eigenvalue weighted by Crippen LogP contribution is -2.39. The first-order valence-electron chi connectivity index (χ1n) is 8.98. The molecule has 0 bridgehead atoms. The molecule has 0 spiro atoms. The Bertz CT molecular complexity index is 793. The van der Waals surface area contributed by atoms with Crippen LogP contribution in [0.3, 0.4) is 0 Å². The summed E-state index contributed by atoms with van der Waals surface area (Å²) in [6, 6.07) is 25.8. The highest BCUT2D eigenvalue weighted by molar-refractivity contribution is 8.17. The van der Waals surface area contributed by atoms with Gasteiger partial charge in [0.05, 0.1) is 9.61 Å². The largest absolute Gasteiger partial charge is 0.378 e. The van der Waals surface area contributed by atoms with E-state index in [1.54, 1.807) is 29.7 Å². The maximum atomic E-state index is 12.2. The molecule has 0 saturated carbocycles. The first-order valence-corrected chi connectivity index (χ1v) is 10.7. The molecule has 1 aromatic heterocycles. The van der Waals surface area contributed by atoms with Crippen LogP contribution in [0.2, 0.25) is 0 Å². The van der Waals surface area contributed by atoms with Crippen LogP contribution in [0.1, 0.15) is 31.9 Å². The van der Waals surface area contributed by atoms with Crippen molar-refractivity contribution in [3.63, 3.8) is 0 Å². The number of benzene rings is 2. The third-order valence-corrected chi connectivity index (χ3v) is 6.97. The molecule has 1 atom stereocenters. The number of rotatable bonds is 6.